The van der Waals surface area contributed by atoms with Gasteiger partial charge in [0.15, 0.2) is 0 Å². The Hall–Kier alpha value is -1.28. The predicted molar refractivity (Wildman–Crippen MR) is 69.7 cm³/mol. The topological polar surface area (TPSA) is 8.17 Å². The van der Waals surface area contributed by atoms with Gasteiger partial charge in [0.05, 0.1) is 0 Å². The first-order valence-electron chi connectivity index (χ1n) is 5.85. The van der Waals surface area contributed by atoms with E-state index in [2.05, 4.69) is 61.8 Å². The first kappa shape index (κ1) is 11.2. The molecule has 2 heteroatoms. The van der Waals surface area contributed by atoms with Gasteiger partial charge in [0.2, 0.25) is 0 Å². The van der Waals surface area contributed by atoms with Gasteiger partial charge >= 0.3 is 0 Å². The normalized spacial score (nSPS) is 11.6. The standard InChI is InChI=1S/C14H20N2/c1-5-16-10-12(9-15(3)4)13-8-11(2)6-7-14(13)16/h6-8,10H,5,9H2,1-4H3. The smallest absolute Gasteiger partial charge is 0.0483 e. The van der Waals surface area contributed by atoms with E-state index in [4.69, 9.17) is 0 Å². The van der Waals surface area contributed by atoms with Crippen molar-refractivity contribution in [1.29, 1.82) is 0 Å². The third kappa shape index (κ3) is 1.98. The molecule has 1 aromatic carbocycles. The average Bonchev–Trinajstić information content (AvgIpc) is 2.55. The van der Waals surface area contributed by atoms with Gasteiger partial charge in [0.1, 0.15) is 0 Å². The highest BCUT2D eigenvalue weighted by molar-refractivity contribution is 5.84. The Balaban J connectivity index is 2.59. The fraction of sp³-hybridized carbons (Fsp3) is 0.429. The van der Waals surface area contributed by atoms with Crippen LogP contribution in [0.3, 0.4) is 0 Å². The highest BCUT2D eigenvalue weighted by Gasteiger charge is 2.08. The van der Waals surface area contributed by atoms with Crippen LogP contribution in [0.25, 0.3) is 10.9 Å². The van der Waals surface area contributed by atoms with E-state index in [0.717, 1.165) is 13.1 Å². The van der Waals surface area contributed by atoms with E-state index < -0.39 is 0 Å². The number of aromatic nitrogens is 1. The summed E-state index contributed by atoms with van der Waals surface area (Å²) in [6.07, 6.45) is 2.28. The van der Waals surface area contributed by atoms with Crippen LogP contribution < -0.4 is 0 Å². The van der Waals surface area contributed by atoms with Gasteiger partial charge in [-0.05, 0) is 45.6 Å². The second-order valence-electron chi connectivity index (χ2n) is 4.70. The molecule has 0 saturated heterocycles. The summed E-state index contributed by atoms with van der Waals surface area (Å²) >= 11 is 0. The van der Waals surface area contributed by atoms with Gasteiger partial charge < -0.3 is 9.47 Å². The van der Waals surface area contributed by atoms with E-state index in [1.807, 2.05) is 0 Å². The molecule has 0 aliphatic heterocycles. The largest absolute Gasteiger partial charge is 0.347 e. The molecule has 2 aromatic rings. The third-order valence-corrected chi connectivity index (χ3v) is 2.95. The van der Waals surface area contributed by atoms with Crippen molar-refractivity contribution in [2.75, 3.05) is 14.1 Å². The summed E-state index contributed by atoms with van der Waals surface area (Å²) in [5, 5.41) is 1.40. The van der Waals surface area contributed by atoms with Crippen LogP contribution in [0.1, 0.15) is 18.1 Å². The molecule has 0 radical (unpaired) electrons. The quantitative estimate of drug-likeness (QED) is 0.765. The number of fused-ring (bicyclic) bond motifs is 1. The highest BCUT2D eigenvalue weighted by Crippen LogP contribution is 2.23. The monoisotopic (exact) mass is 216 g/mol. The van der Waals surface area contributed by atoms with Crippen molar-refractivity contribution in [2.45, 2.75) is 26.9 Å². The van der Waals surface area contributed by atoms with Gasteiger partial charge in [0.25, 0.3) is 0 Å². The van der Waals surface area contributed by atoms with Crippen molar-refractivity contribution >= 4 is 10.9 Å². The fourth-order valence-electron chi connectivity index (χ4n) is 2.21. The Morgan fingerprint density at radius 1 is 1.25 bits per heavy atom. The third-order valence-electron chi connectivity index (χ3n) is 2.95. The molecule has 0 unspecified atom stereocenters. The van der Waals surface area contributed by atoms with Crippen LogP contribution in [0.5, 0.6) is 0 Å². The molecule has 0 spiro atoms. The van der Waals surface area contributed by atoms with Crippen LogP contribution >= 0.6 is 0 Å². The highest BCUT2D eigenvalue weighted by atomic mass is 15.1. The number of benzene rings is 1. The molecule has 0 amide bonds. The fourth-order valence-corrected chi connectivity index (χ4v) is 2.21. The molecule has 1 heterocycles. The minimum atomic E-state index is 1.01. The van der Waals surface area contributed by atoms with Gasteiger partial charge in [-0.1, -0.05) is 11.6 Å². The molecule has 0 bridgehead atoms. The first-order valence-corrected chi connectivity index (χ1v) is 5.85. The molecule has 0 saturated carbocycles. The van der Waals surface area contributed by atoms with Crippen molar-refractivity contribution in [3.8, 4) is 0 Å². The Bertz CT molecular complexity index is 495. The zero-order valence-corrected chi connectivity index (χ0v) is 10.6. The number of hydrogen-bond acceptors (Lipinski definition) is 1. The molecule has 16 heavy (non-hydrogen) atoms. The second-order valence-corrected chi connectivity index (χ2v) is 4.70. The van der Waals surface area contributed by atoms with Crippen LogP contribution in [-0.4, -0.2) is 23.6 Å². The lowest BCUT2D eigenvalue weighted by Crippen LogP contribution is -2.10. The summed E-state index contributed by atoms with van der Waals surface area (Å²) in [6.45, 7) is 6.39. The van der Waals surface area contributed by atoms with Crippen molar-refractivity contribution in [1.82, 2.24) is 9.47 Å². The number of rotatable bonds is 3. The van der Waals surface area contributed by atoms with Crippen molar-refractivity contribution < 1.29 is 0 Å². The average molecular weight is 216 g/mol. The summed E-state index contributed by atoms with van der Waals surface area (Å²) in [6, 6.07) is 6.71. The number of nitrogens with zero attached hydrogens (tertiary/aromatic N) is 2. The van der Waals surface area contributed by atoms with Crippen molar-refractivity contribution in [2.24, 2.45) is 0 Å². The van der Waals surface area contributed by atoms with Gasteiger partial charge in [-0.25, -0.2) is 0 Å². The van der Waals surface area contributed by atoms with E-state index in [-0.39, 0.29) is 0 Å². The lowest BCUT2D eigenvalue weighted by atomic mass is 10.1. The van der Waals surface area contributed by atoms with Crippen LogP contribution in [0.4, 0.5) is 0 Å². The van der Waals surface area contributed by atoms with E-state index in [1.165, 1.54) is 22.0 Å². The maximum atomic E-state index is 2.33. The second kappa shape index (κ2) is 4.30. The first-order chi connectivity index (χ1) is 7.61. The molecule has 0 atom stereocenters. The minimum Gasteiger partial charge on any atom is -0.347 e. The molecule has 86 valence electrons. The molecule has 2 rings (SSSR count). The minimum absolute atomic E-state index is 1.01. The summed E-state index contributed by atoms with van der Waals surface area (Å²) < 4.78 is 2.33. The summed E-state index contributed by atoms with van der Waals surface area (Å²) in [7, 11) is 4.23. The van der Waals surface area contributed by atoms with E-state index in [0.29, 0.717) is 0 Å². The van der Waals surface area contributed by atoms with Gasteiger partial charge in [-0.15, -0.1) is 0 Å². The zero-order chi connectivity index (χ0) is 11.7. The Kier molecular flexibility index (Phi) is 3.01. The van der Waals surface area contributed by atoms with Gasteiger partial charge in [0, 0.05) is 30.2 Å². The van der Waals surface area contributed by atoms with E-state index in [9.17, 15) is 0 Å². The molecule has 0 aliphatic carbocycles. The van der Waals surface area contributed by atoms with Crippen molar-refractivity contribution in [3.05, 3.63) is 35.5 Å². The number of aryl methyl sites for hydroxylation is 2. The molecule has 0 fully saturated rings. The van der Waals surface area contributed by atoms with Crippen LogP contribution in [0, 0.1) is 6.92 Å². The van der Waals surface area contributed by atoms with Crippen LogP contribution in [0.2, 0.25) is 0 Å². The van der Waals surface area contributed by atoms with Gasteiger partial charge in [-0.2, -0.15) is 0 Å². The maximum Gasteiger partial charge on any atom is 0.0483 e. The van der Waals surface area contributed by atoms with Crippen LogP contribution in [0.15, 0.2) is 24.4 Å². The van der Waals surface area contributed by atoms with E-state index in [1.54, 1.807) is 0 Å². The summed E-state index contributed by atoms with van der Waals surface area (Å²) in [4.78, 5) is 2.22. The van der Waals surface area contributed by atoms with Gasteiger partial charge in [-0.3, -0.25) is 0 Å². The SMILES string of the molecule is CCn1cc(CN(C)C)c2cc(C)ccc21. The molecule has 1 aromatic heterocycles. The lowest BCUT2D eigenvalue weighted by molar-refractivity contribution is 0.403. The molecule has 0 aliphatic rings. The Morgan fingerprint density at radius 3 is 2.62 bits per heavy atom. The van der Waals surface area contributed by atoms with Crippen LogP contribution in [-0.2, 0) is 13.1 Å². The molecule has 2 nitrogen and oxygen atoms in total. The molecular formula is C14H20N2. The zero-order valence-electron chi connectivity index (χ0n) is 10.6. The van der Waals surface area contributed by atoms with Crippen molar-refractivity contribution in [3.63, 3.8) is 0 Å². The lowest BCUT2D eigenvalue weighted by Gasteiger charge is -2.07. The predicted octanol–water partition coefficient (Wildman–Crippen LogP) is 3.03. The summed E-state index contributed by atoms with van der Waals surface area (Å²) in [5.41, 5.74) is 4.11. The van der Waals surface area contributed by atoms with E-state index >= 15 is 0 Å². The maximum absolute atomic E-state index is 2.33. The molecule has 0 N–H and O–H groups in total. The Labute approximate surface area is 97.5 Å². The Morgan fingerprint density at radius 2 is 2.00 bits per heavy atom. The summed E-state index contributed by atoms with van der Waals surface area (Å²) in [5.74, 6) is 0. The number of hydrogen-bond donors (Lipinski definition) is 0. The molecular weight excluding hydrogens is 196 g/mol.